The molecular weight excluding hydrogens is 384 g/mol. The number of anilines is 1. The number of hydrogen-bond acceptors (Lipinski definition) is 6. The molecule has 1 aliphatic rings. The van der Waals surface area contributed by atoms with E-state index in [0.717, 1.165) is 19.6 Å². The van der Waals surface area contributed by atoms with Crippen LogP contribution in [0, 0.1) is 10.1 Å². The topological polar surface area (TPSA) is 102 Å². The molecule has 1 amide bonds. The van der Waals surface area contributed by atoms with Crippen LogP contribution in [-0.2, 0) is 11.3 Å². The summed E-state index contributed by atoms with van der Waals surface area (Å²) in [5.41, 5.74) is 6.75. The molecule has 0 saturated carbocycles. The minimum absolute atomic E-state index is 0.0360. The Balaban J connectivity index is 1.49. The van der Waals surface area contributed by atoms with E-state index in [4.69, 9.17) is 22.1 Å². The van der Waals surface area contributed by atoms with Crippen molar-refractivity contribution in [3.8, 4) is 5.75 Å². The van der Waals surface area contributed by atoms with Crippen LogP contribution in [0.1, 0.15) is 5.56 Å². The predicted octanol–water partition coefficient (Wildman–Crippen LogP) is 2.55. The number of carbonyl (C=O) groups excluding carboxylic acids is 1. The molecule has 0 spiro atoms. The van der Waals surface area contributed by atoms with E-state index < -0.39 is 4.92 Å². The SMILES string of the molecule is Nc1ccc(OCC(=O)N2CCN(Cc3ccc(Cl)cc3)CC2)c([N+](=O)[O-])c1. The fraction of sp³-hybridized carbons (Fsp3) is 0.316. The number of nitrogens with two attached hydrogens (primary N) is 1. The largest absolute Gasteiger partial charge is 0.477 e. The molecule has 1 fully saturated rings. The lowest BCUT2D eigenvalue weighted by atomic mass is 10.2. The van der Waals surface area contributed by atoms with Gasteiger partial charge in [0.25, 0.3) is 5.91 Å². The number of nitro groups is 1. The summed E-state index contributed by atoms with van der Waals surface area (Å²) in [5.74, 6) is -0.161. The van der Waals surface area contributed by atoms with Crippen molar-refractivity contribution >= 4 is 28.9 Å². The molecule has 28 heavy (non-hydrogen) atoms. The number of amides is 1. The second kappa shape index (κ2) is 8.90. The zero-order chi connectivity index (χ0) is 20.1. The molecule has 2 aromatic carbocycles. The van der Waals surface area contributed by atoms with E-state index in [1.807, 2.05) is 24.3 Å². The van der Waals surface area contributed by atoms with Crippen LogP contribution in [0.25, 0.3) is 0 Å². The van der Waals surface area contributed by atoms with Crippen LogP contribution < -0.4 is 10.5 Å². The highest BCUT2D eigenvalue weighted by atomic mass is 35.5. The Bertz CT molecular complexity index is 852. The van der Waals surface area contributed by atoms with Crippen molar-refractivity contribution < 1.29 is 14.5 Å². The lowest BCUT2D eigenvalue weighted by Gasteiger charge is -2.34. The maximum Gasteiger partial charge on any atom is 0.312 e. The van der Waals surface area contributed by atoms with Crippen LogP contribution >= 0.6 is 11.6 Å². The molecule has 148 valence electrons. The van der Waals surface area contributed by atoms with Crippen LogP contribution in [0.4, 0.5) is 11.4 Å². The Kier molecular flexibility index (Phi) is 6.33. The molecule has 0 aromatic heterocycles. The minimum atomic E-state index is -0.578. The Hall–Kier alpha value is -2.84. The monoisotopic (exact) mass is 404 g/mol. The molecule has 0 radical (unpaired) electrons. The molecule has 0 aliphatic carbocycles. The lowest BCUT2D eigenvalue weighted by Crippen LogP contribution is -2.49. The Morgan fingerprint density at radius 2 is 1.82 bits per heavy atom. The minimum Gasteiger partial charge on any atom is -0.477 e. The van der Waals surface area contributed by atoms with E-state index in [9.17, 15) is 14.9 Å². The summed E-state index contributed by atoms with van der Waals surface area (Å²) in [6, 6.07) is 11.8. The van der Waals surface area contributed by atoms with Crippen LogP contribution in [0.2, 0.25) is 5.02 Å². The molecule has 1 heterocycles. The van der Waals surface area contributed by atoms with Crippen molar-refractivity contribution in [2.75, 3.05) is 38.5 Å². The summed E-state index contributed by atoms with van der Waals surface area (Å²) in [4.78, 5) is 26.9. The molecule has 2 aromatic rings. The first-order chi connectivity index (χ1) is 13.4. The van der Waals surface area contributed by atoms with Gasteiger partial charge in [-0.2, -0.15) is 0 Å². The van der Waals surface area contributed by atoms with Gasteiger partial charge in [-0.3, -0.25) is 19.8 Å². The number of nitrogens with zero attached hydrogens (tertiary/aromatic N) is 3. The maximum absolute atomic E-state index is 12.4. The number of carbonyl (C=O) groups is 1. The zero-order valence-electron chi connectivity index (χ0n) is 15.2. The maximum atomic E-state index is 12.4. The Labute approximate surface area is 167 Å². The van der Waals surface area contributed by atoms with Crippen molar-refractivity contribution in [2.24, 2.45) is 0 Å². The van der Waals surface area contributed by atoms with Gasteiger partial charge in [-0.1, -0.05) is 23.7 Å². The van der Waals surface area contributed by atoms with Gasteiger partial charge >= 0.3 is 5.69 Å². The summed E-state index contributed by atoms with van der Waals surface area (Å²) < 4.78 is 5.39. The smallest absolute Gasteiger partial charge is 0.312 e. The van der Waals surface area contributed by atoms with Crippen molar-refractivity contribution in [1.29, 1.82) is 0 Å². The number of halogens is 1. The quantitative estimate of drug-likeness (QED) is 0.451. The normalized spacial score (nSPS) is 14.7. The van der Waals surface area contributed by atoms with Gasteiger partial charge in [-0.05, 0) is 29.8 Å². The van der Waals surface area contributed by atoms with E-state index in [0.29, 0.717) is 18.1 Å². The highest BCUT2D eigenvalue weighted by Crippen LogP contribution is 2.28. The van der Waals surface area contributed by atoms with E-state index in [-0.39, 0.29) is 29.6 Å². The molecule has 0 atom stereocenters. The van der Waals surface area contributed by atoms with Crippen LogP contribution in [0.5, 0.6) is 5.75 Å². The number of piperazine rings is 1. The molecule has 0 bridgehead atoms. The second-order valence-corrected chi connectivity index (χ2v) is 6.99. The number of hydrogen-bond donors (Lipinski definition) is 1. The van der Waals surface area contributed by atoms with E-state index in [2.05, 4.69) is 4.90 Å². The van der Waals surface area contributed by atoms with Crippen molar-refractivity contribution in [3.63, 3.8) is 0 Å². The van der Waals surface area contributed by atoms with Crippen molar-refractivity contribution in [1.82, 2.24) is 9.80 Å². The van der Waals surface area contributed by atoms with E-state index in [1.165, 1.54) is 23.8 Å². The molecule has 2 N–H and O–H groups in total. The van der Waals surface area contributed by atoms with Gasteiger partial charge < -0.3 is 15.4 Å². The summed E-state index contributed by atoms with van der Waals surface area (Å²) in [5, 5.41) is 11.8. The fourth-order valence-corrected chi connectivity index (χ4v) is 3.16. The lowest BCUT2D eigenvalue weighted by molar-refractivity contribution is -0.385. The molecule has 3 rings (SSSR count). The number of rotatable bonds is 6. The molecular formula is C19H21ClN4O4. The number of nitro benzene ring substituents is 1. The van der Waals surface area contributed by atoms with Crippen LogP contribution in [0.15, 0.2) is 42.5 Å². The first-order valence-electron chi connectivity index (χ1n) is 8.83. The average molecular weight is 405 g/mol. The highest BCUT2D eigenvalue weighted by Gasteiger charge is 2.23. The Morgan fingerprint density at radius 1 is 1.14 bits per heavy atom. The number of benzene rings is 2. The predicted molar refractivity (Wildman–Crippen MR) is 106 cm³/mol. The van der Waals surface area contributed by atoms with Crippen molar-refractivity contribution in [3.05, 3.63) is 63.2 Å². The Morgan fingerprint density at radius 3 is 2.46 bits per heavy atom. The zero-order valence-corrected chi connectivity index (χ0v) is 16.0. The third-order valence-corrected chi connectivity index (χ3v) is 4.83. The van der Waals surface area contributed by atoms with Crippen LogP contribution in [0.3, 0.4) is 0 Å². The van der Waals surface area contributed by atoms with Gasteiger partial charge in [0, 0.05) is 49.5 Å². The van der Waals surface area contributed by atoms with Gasteiger partial charge in [0.15, 0.2) is 12.4 Å². The summed E-state index contributed by atoms with van der Waals surface area (Å²) in [6.45, 7) is 3.21. The number of ether oxygens (including phenoxy) is 1. The first-order valence-corrected chi connectivity index (χ1v) is 9.21. The van der Waals surface area contributed by atoms with Gasteiger partial charge in [0.05, 0.1) is 4.92 Å². The second-order valence-electron chi connectivity index (χ2n) is 6.56. The van der Waals surface area contributed by atoms with Gasteiger partial charge in [-0.25, -0.2) is 0 Å². The highest BCUT2D eigenvalue weighted by molar-refractivity contribution is 6.30. The molecule has 1 aliphatic heterocycles. The van der Waals surface area contributed by atoms with Gasteiger partial charge in [-0.15, -0.1) is 0 Å². The number of nitrogen functional groups attached to an aromatic ring is 1. The molecule has 1 saturated heterocycles. The third kappa shape index (κ3) is 5.11. The van der Waals surface area contributed by atoms with Crippen molar-refractivity contribution in [2.45, 2.75) is 6.54 Å². The molecule has 0 unspecified atom stereocenters. The summed E-state index contributed by atoms with van der Waals surface area (Å²) in [7, 11) is 0. The van der Waals surface area contributed by atoms with E-state index in [1.54, 1.807) is 4.90 Å². The summed E-state index contributed by atoms with van der Waals surface area (Å²) >= 11 is 5.90. The molecule has 9 heteroatoms. The van der Waals surface area contributed by atoms with E-state index >= 15 is 0 Å². The first kappa shape index (κ1) is 19.9. The molecule has 8 nitrogen and oxygen atoms in total. The van der Waals surface area contributed by atoms with Gasteiger partial charge in [0.2, 0.25) is 0 Å². The van der Waals surface area contributed by atoms with Gasteiger partial charge in [0.1, 0.15) is 0 Å². The average Bonchev–Trinajstić information content (AvgIpc) is 2.69. The standard InChI is InChI=1S/C19H21ClN4O4/c20-15-3-1-14(2-4-15)12-22-7-9-23(10-8-22)19(25)13-28-18-6-5-16(21)11-17(18)24(26)27/h1-6,11H,7-10,12-13,21H2. The third-order valence-electron chi connectivity index (χ3n) is 4.58. The van der Waals surface area contributed by atoms with Crippen LogP contribution in [-0.4, -0.2) is 53.4 Å². The fourth-order valence-electron chi connectivity index (χ4n) is 3.03. The summed E-state index contributed by atoms with van der Waals surface area (Å²) in [6.07, 6.45) is 0.